The number of nitrogens with zero attached hydrogens (tertiary/aromatic N) is 1. The summed E-state index contributed by atoms with van der Waals surface area (Å²) in [6.45, 7) is 6.37. The maximum absolute atomic E-state index is 12.0. The van der Waals surface area contributed by atoms with Crippen LogP contribution in [0.4, 0.5) is 5.82 Å². The zero-order valence-corrected chi connectivity index (χ0v) is 12.5. The van der Waals surface area contributed by atoms with Crippen molar-refractivity contribution >= 4 is 23.3 Å². The first-order valence-electron chi connectivity index (χ1n) is 6.63. The second kappa shape index (κ2) is 7.34. The van der Waals surface area contributed by atoms with E-state index in [9.17, 15) is 4.79 Å². The Labute approximate surface area is 119 Å². The molecule has 0 aliphatic heterocycles. The van der Waals surface area contributed by atoms with E-state index in [1.54, 1.807) is 12.1 Å². The van der Waals surface area contributed by atoms with Gasteiger partial charge in [0.15, 0.2) is 0 Å². The van der Waals surface area contributed by atoms with E-state index in [0.29, 0.717) is 16.8 Å². The zero-order valence-electron chi connectivity index (χ0n) is 11.7. The van der Waals surface area contributed by atoms with Crippen LogP contribution in [0.5, 0.6) is 0 Å². The van der Waals surface area contributed by atoms with Gasteiger partial charge in [-0.05, 0) is 31.4 Å². The van der Waals surface area contributed by atoms with Gasteiger partial charge in [0.05, 0.1) is 5.02 Å². The predicted molar refractivity (Wildman–Crippen MR) is 79.3 cm³/mol. The van der Waals surface area contributed by atoms with Crippen molar-refractivity contribution < 1.29 is 4.79 Å². The molecule has 0 aliphatic carbocycles. The molecule has 106 valence electrons. The molecule has 0 aromatic carbocycles. The Hall–Kier alpha value is -1.29. The summed E-state index contributed by atoms with van der Waals surface area (Å²) in [5.74, 6) is 0.712. The molecule has 3 N–H and O–H groups in total. The van der Waals surface area contributed by atoms with Gasteiger partial charge in [-0.3, -0.25) is 4.79 Å². The van der Waals surface area contributed by atoms with Gasteiger partial charge in [-0.15, -0.1) is 0 Å². The smallest absolute Gasteiger partial charge is 0.271 e. The first kappa shape index (κ1) is 15.8. The quantitative estimate of drug-likeness (QED) is 0.842. The number of pyridine rings is 1. The third-order valence-corrected chi connectivity index (χ3v) is 3.18. The standard InChI is InChI=1S/C14H22ClN3O/c1-9(2)5-4-6-10(3)17-14(19)13-11(15)7-8-12(16)18-13/h7-10H,4-6H2,1-3H3,(H2,16,18)(H,17,19). The number of nitrogen functional groups attached to an aromatic ring is 1. The number of halogens is 1. The van der Waals surface area contributed by atoms with Gasteiger partial charge in [-0.1, -0.05) is 38.3 Å². The van der Waals surface area contributed by atoms with E-state index in [-0.39, 0.29) is 17.6 Å². The van der Waals surface area contributed by atoms with Crippen molar-refractivity contribution in [2.75, 3.05) is 5.73 Å². The van der Waals surface area contributed by atoms with Gasteiger partial charge in [-0.25, -0.2) is 4.98 Å². The number of hydrogen-bond donors (Lipinski definition) is 2. The molecule has 1 aromatic heterocycles. The van der Waals surface area contributed by atoms with Gasteiger partial charge >= 0.3 is 0 Å². The van der Waals surface area contributed by atoms with Crippen molar-refractivity contribution in [2.24, 2.45) is 5.92 Å². The summed E-state index contributed by atoms with van der Waals surface area (Å²) in [7, 11) is 0. The molecule has 5 heteroatoms. The van der Waals surface area contributed by atoms with Gasteiger partial charge in [-0.2, -0.15) is 0 Å². The number of nitrogens with one attached hydrogen (secondary N) is 1. The van der Waals surface area contributed by atoms with Crippen molar-refractivity contribution in [3.8, 4) is 0 Å². The average molecular weight is 284 g/mol. The first-order chi connectivity index (χ1) is 8.90. The summed E-state index contributed by atoms with van der Waals surface area (Å²) in [6.07, 6.45) is 3.21. The van der Waals surface area contributed by atoms with Crippen LogP contribution in [-0.4, -0.2) is 16.9 Å². The van der Waals surface area contributed by atoms with Crippen LogP contribution in [0.3, 0.4) is 0 Å². The van der Waals surface area contributed by atoms with Crippen LogP contribution in [0.25, 0.3) is 0 Å². The normalized spacial score (nSPS) is 12.5. The van der Waals surface area contributed by atoms with Gasteiger partial charge in [0, 0.05) is 6.04 Å². The summed E-state index contributed by atoms with van der Waals surface area (Å²) >= 11 is 5.94. The molecule has 0 fully saturated rings. The second-order valence-corrected chi connectivity index (χ2v) is 5.67. The number of carbonyl (C=O) groups is 1. The Kier molecular flexibility index (Phi) is 6.09. The number of rotatable bonds is 6. The minimum absolute atomic E-state index is 0.102. The summed E-state index contributed by atoms with van der Waals surface area (Å²) in [6, 6.07) is 3.26. The lowest BCUT2D eigenvalue weighted by molar-refractivity contribution is 0.0933. The number of amides is 1. The zero-order chi connectivity index (χ0) is 14.4. The molecule has 19 heavy (non-hydrogen) atoms. The van der Waals surface area contributed by atoms with Crippen molar-refractivity contribution in [3.05, 3.63) is 22.8 Å². The monoisotopic (exact) mass is 283 g/mol. The number of hydrogen-bond acceptors (Lipinski definition) is 3. The van der Waals surface area contributed by atoms with Gasteiger partial charge in [0.25, 0.3) is 5.91 Å². The van der Waals surface area contributed by atoms with E-state index in [0.717, 1.165) is 19.3 Å². The molecular formula is C14H22ClN3O. The number of nitrogens with two attached hydrogens (primary N) is 1. The van der Waals surface area contributed by atoms with E-state index in [1.165, 1.54) is 0 Å². The first-order valence-corrected chi connectivity index (χ1v) is 7.00. The Morgan fingerprint density at radius 2 is 2.05 bits per heavy atom. The van der Waals surface area contributed by atoms with Crippen molar-refractivity contribution in [2.45, 2.75) is 46.1 Å². The topological polar surface area (TPSA) is 68.0 Å². The average Bonchev–Trinajstić information content (AvgIpc) is 2.31. The Bertz CT molecular complexity index is 435. The fourth-order valence-corrected chi connectivity index (χ4v) is 2.00. The van der Waals surface area contributed by atoms with Gasteiger partial charge < -0.3 is 11.1 Å². The molecular weight excluding hydrogens is 262 g/mol. The molecule has 0 aliphatic rings. The van der Waals surface area contributed by atoms with E-state index in [1.807, 2.05) is 6.92 Å². The molecule has 1 aromatic rings. The summed E-state index contributed by atoms with van der Waals surface area (Å²) in [5, 5.41) is 3.22. The Balaban J connectivity index is 2.52. The number of anilines is 1. The molecule has 1 unspecified atom stereocenters. The van der Waals surface area contributed by atoms with Crippen LogP contribution in [0.1, 0.15) is 50.5 Å². The molecule has 0 radical (unpaired) electrons. The second-order valence-electron chi connectivity index (χ2n) is 5.27. The molecule has 0 saturated carbocycles. The maximum atomic E-state index is 12.0. The van der Waals surface area contributed by atoms with Crippen LogP contribution in [0.2, 0.25) is 5.02 Å². The van der Waals surface area contributed by atoms with Crippen LogP contribution < -0.4 is 11.1 Å². The molecule has 4 nitrogen and oxygen atoms in total. The van der Waals surface area contributed by atoms with E-state index in [2.05, 4.69) is 24.1 Å². The molecule has 0 saturated heterocycles. The lowest BCUT2D eigenvalue weighted by Crippen LogP contribution is -2.33. The minimum atomic E-state index is -0.269. The third-order valence-electron chi connectivity index (χ3n) is 2.88. The van der Waals surface area contributed by atoms with Crippen LogP contribution >= 0.6 is 11.6 Å². The van der Waals surface area contributed by atoms with Crippen LogP contribution in [-0.2, 0) is 0 Å². The summed E-state index contributed by atoms with van der Waals surface area (Å²) in [5.41, 5.74) is 5.75. The molecule has 1 heterocycles. The lowest BCUT2D eigenvalue weighted by atomic mass is 10.0. The van der Waals surface area contributed by atoms with E-state index >= 15 is 0 Å². The van der Waals surface area contributed by atoms with E-state index < -0.39 is 0 Å². The highest BCUT2D eigenvalue weighted by atomic mass is 35.5. The predicted octanol–water partition coefficient (Wildman–Crippen LogP) is 3.26. The highest BCUT2D eigenvalue weighted by Crippen LogP contribution is 2.15. The SMILES string of the molecule is CC(C)CCCC(C)NC(=O)c1nc(N)ccc1Cl. The van der Waals surface area contributed by atoms with E-state index in [4.69, 9.17) is 17.3 Å². The third kappa shape index (κ3) is 5.47. The maximum Gasteiger partial charge on any atom is 0.271 e. The Morgan fingerprint density at radius 1 is 1.37 bits per heavy atom. The number of aromatic nitrogens is 1. The minimum Gasteiger partial charge on any atom is -0.384 e. The van der Waals surface area contributed by atoms with Crippen LogP contribution in [0, 0.1) is 5.92 Å². The highest BCUT2D eigenvalue weighted by molar-refractivity contribution is 6.33. The largest absolute Gasteiger partial charge is 0.384 e. The van der Waals surface area contributed by atoms with Crippen molar-refractivity contribution in [1.82, 2.24) is 10.3 Å². The van der Waals surface area contributed by atoms with Gasteiger partial charge in [0.1, 0.15) is 11.5 Å². The van der Waals surface area contributed by atoms with Crippen molar-refractivity contribution in [1.29, 1.82) is 0 Å². The number of carbonyl (C=O) groups excluding carboxylic acids is 1. The molecule has 1 amide bonds. The molecule has 0 bridgehead atoms. The summed E-state index contributed by atoms with van der Waals surface area (Å²) < 4.78 is 0. The van der Waals surface area contributed by atoms with Gasteiger partial charge in [0.2, 0.25) is 0 Å². The fourth-order valence-electron chi connectivity index (χ4n) is 1.81. The molecule has 1 rings (SSSR count). The fraction of sp³-hybridized carbons (Fsp3) is 0.571. The highest BCUT2D eigenvalue weighted by Gasteiger charge is 2.15. The Morgan fingerprint density at radius 3 is 2.68 bits per heavy atom. The molecule has 0 spiro atoms. The summed E-state index contributed by atoms with van der Waals surface area (Å²) in [4.78, 5) is 16.0. The molecule has 1 atom stereocenters. The lowest BCUT2D eigenvalue weighted by Gasteiger charge is -2.14. The van der Waals surface area contributed by atoms with Crippen LogP contribution in [0.15, 0.2) is 12.1 Å². The van der Waals surface area contributed by atoms with Crippen molar-refractivity contribution in [3.63, 3.8) is 0 Å².